The van der Waals surface area contributed by atoms with E-state index in [1.54, 1.807) is 0 Å². The van der Waals surface area contributed by atoms with Gasteiger partial charge in [-0.1, -0.05) is 17.7 Å². The van der Waals surface area contributed by atoms with Crippen molar-refractivity contribution in [2.75, 3.05) is 42.5 Å². The number of fused-ring (bicyclic) bond motifs is 2. The van der Waals surface area contributed by atoms with Crippen molar-refractivity contribution in [3.8, 4) is 0 Å². The van der Waals surface area contributed by atoms with E-state index in [4.69, 9.17) is 18.2 Å². The molecule has 11 nitrogen and oxygen atoms in total. The number of piperidine rings is 2. The normalized spacial score (nSPS) is 24.8. The molecule has 10 rings (SSSR count). The van der Waals surface area contributed by atoms with Gasteiger partial charge in [-0.3, -0.25) is 34.2 Å². The highest BCUT2D eigenvalue weighted by Crippen LogP contribution is 2.55. The Balaban J connectivity index is 0.681. The van der Waals surface area contributed by atoms with E-state index >= 15 is 0 Å². The van der Waals surface area contributed by atoms with Crippen molar-refractivity contribution < 1.29 is 24.0 Å². The third-order valence-electron chi connectivity index (χ3n) is 14.7. The van der Waals surface area contributed by atoms with Gasteiger partial charge in [-0.2, -0.15) is 0 Å². The van der Waals surface area contributed by atoms with Gasteiger partial charge in [-0.25, -0.2) is 4.85 Å². The van der Waals surface area contributed by atoms with Crippen LogP contribution >= 0.6 is 11.6 Å². The smallest absolute Gasteiger partial charge is 0.262 e. The predicted molar refractivity (Wildman–Crippen MR) is 219 cm³/mol. The Labute approximate surface area is 343 Å². The van der Waals surface area contributed by atoms with E-state index in [1.165, 1.54) is 5.69 Å². The molecule has 3 aromatic carbocycles. The Hall–Kier alpha value is -5.21. The van der Waals surface area contributed by atoms with Gasteiger partial charge >= 0.3 is 0 Å². The zero-order valence-corrected chi connectivity index (χ0v) is 33.5. The molecule has 7 aliphatic rings. The number of anilines is 2. The molecule has 5 heterocycles. The second kappa shape index (κ2) is 13.7. The molecule has 1 unspecified atom stereocenters. The summed E-state index contributed by atoms with van der Waals surface area (Å²) in [4.78, 5) is 75.7. The van der Waals surface area contributed by atoms with Crippen LogP contribution in [0.3, 0.4) is 0 Å². The first kappa shape index (κ1) is 37.1. The maximum Gasteiger partial charge on any atom is 0.262 e. The van der Waals surface area contributed by atoms with Gasteiger partial charge in [-0.05, 0) is 142 Å². The van der Waals surface area contributed by atoms with Crippen LogP contribution in [-0.4, -0.2) is 84.1 Å². The minimum atomic E-state index is -0.949. The minimum absolute atomic E-state index is 0.106. The highest BCUT2D eigenvalue weighted by Gasteiger charge is 2.54. The molecule has 4 saturated heterocycles. The van der Waals surface area contributed by atoms with Crippen molar-refractivity contribution in [2.45, 2.75) is 83.2 Å². The van der Waals surface area contributed by atoms with Gasteiger partial charge in [-0.15, -0.1) is 0 Å². The fraction of sp³-hybridized carbons (Fsp3) is 0.478. The van der Waals surface area contributed by atoms with Crippen LogP contribution in [0.5, 0.6) is 0 Å². The van der Waals surface area contributed by atoms with E-state index in [9.17, 15) is 24.0 Å². The van der Waals surface area contributed by atoms with Crippen molar-refractivity contribution in [1.82, 2.24) is 15.1 Å². The predicted octanol–water partition coefficient (Wildman–Crippen LogP) is 6.83. The van der Waals surface area contributed by atoms with E-state index in [-0.39, 0.29) is 35.5 Å². The van der Waals surface area contributed by atoms with Crippen LogP contribution in [0.15, 0.2) is 54.6 Å². The van der Waals surface area contributed by atoms with Gasteiger partial charge in [0.1, 0.15) is 6.04 Å². The lowest BCUT2D eigenvalue weighted by atomic mass is 9.56. The van der Waals surface area contributed by atoms with Crippen molar-refractivity contribution >= 4 is 58.2 Å². The second-order valence-electron chi connectivity index (χ2n) is 18.5. The van der Waals surface area contributed by atoms with Gasteiger partial charge in [0.2, 0.25) is 17.5 Å². The molecule has 2 atom stereocenters. The molecule has 1 N–H and O–H groups in total. The van der Waals surface area contributed by atoms with Crippen LogP contribution in [0, 0.1) is 29.2 Å². The van der Waals surface area contributed by atoms with Crippen molar-refractivity contribution in [1.29, 1.82) is 0 Å². The van der Waals surface area contributed by atoms with Crippen LogP contribution in [0.2, 0.25) is 5.02 Å². The molecule has 0 bridgehead atoms. The van der Waals surface area contributed by atoms with E-state index in [1.807, 2.05) is 47.4 Å². The molecule has 1 saturated carbocycles. The van der Waals surface area contributed by atoms with Gasteiger partial charge in [0.15, 0.2) is 0 Å². The average Bonchev–Trinajstić information content (AvgIpc) is 3.81. The minimum Gasteiger partial charge on any atom is -0.371 e. The molecule has 2 spiro atoms. The fourth-order valence-corrected chi connectivity index (χ4v) is 12.1. The van der Waals surface area contributed by atoms with E-state index in [0.29, 0.717) is 39.7 Å². The lowest BCUT2D eigenvalue weighted by Crippen LogP contribution is -2.63. The summed E-state index contributed by atoms with van der Waals surface area (Å²) in [5.41, 5.74) is 6.97. The molecule has 58 heavy (non-hydrogen) atoms. The van der Waals surface area contributed by atoms with Gasteiger partial charge in [0, 0.05) is 72.6 Å². The number of halogens is 1. The molecule has 298 valence electrons. The Morgan fingerprint density at radius 1 is 0.845 bits per heavy atom. The number of imide groups is 2. The zero-order valence-electron chi connectivity index (χ0n) is 32.8. The first-order valence-corrected chi connectivity index (χ1v) is 21.2. The lowest BCUT2D eigenvalue weighted by molar-refractivity contribution is -0.136. The second-order valence-corrected chi connectivity index (χ2v) is 18.9. The number of nitrogens with one attached hydrogen (secondary N) is 1. The van der Waals surface area contributed by atoms with E-state index in [2.05, 4.69) is 39.0 Å². The third-order valence-corrected chi connectivity index (χ3v) is 15.0. The Kier molecular flexibility index (Phi) is 8.75. The summed E-state index contributed by atoms with van der Waals surface area (Å²) in [6, 6.07) is 17.2. The summed E-state index contributed by atoms with van der Waals surface area (Å²) >= 11 is 6.39. The van der Waals surface area contributed by atoms with Gasteiger partial charge < -0.3 is 14.7 Å². The van der Waals surface area contributed by atoms with Crippen LogP contribution in [-0.2, 0) is 22.4 Å². The van der Waals surface area contributed by atoms with E-state index in [0.717, 1.165) is 111 Å². The maximum atomic E-state index is 13.5. The number of hydrogen-bond donors (Lipinski definition) is 1. The number of amides is 5. The van der Waals surface area contributed by atoms with E-state index < -0.39 is 23.8 Å². The lowest BCUT2D eigenvalue weighted by Gasteiger charge is -2.59. The molecule has 12 heteroatoms. The summed E-state index contributed by atoms with van der Waals surface area (Å²) in [6.07, 6.45) is 8.75. The number of likely N-dealkylation sites (tertiary alicyclic amines) is 1. The topological polar surface area (TPSA) is 115 Å². The molecule has 0 radical (unpaired) electrons. The van der Waals surface area contributed by atoms with Gasteiger partial charge in [0.25, 0.3) is 17.7 Å². The van der Waals surface area contributed by atoms with Crippen molar-refractivity contribution in [3.05, 3.63) is 98.9 Å². The molecular formula is C46H47ClN6O5. The van der Waals surface area contributed by atoms with Crippen molar-refractivity contribution in [3.63, 3.8) is 0 Å². The Morgan fingerprint density at radius 3 is 2.12 bits per heavy atom. The zero-order chi connectivity index (χ0) is 40.1. The summed E-state index contributed by atoms with van der Waals surface area (Å²) in [5, 5.41) is 2.77. The van der Waals surface area contributed by atoms with Crippen LogP contribution in [0.25, 0.3) is 4.85 Å². The highest BCUT2D eigenvalue weighted by atomic mass is 35.5. The number of rotatable bonds is 6. The summed E-state index contributed by atoms with van der Waals surface area (Å²) in [5.74, 6) is -0.672. The molecule has 2 aliphatic carbocycles. The monoisotopic (exact) mass is 798 g/mol. The Morgan fingerprint density at radius 2 is 1.50 bits per heavy atom. The number of hydrogen-bond acceptors (Lipinski definition) is 7. The van der Waals surface area contributed by atoms with Crippen molar-refractivity contribution in [2.24, 2.45) is 22.7 Å². The molecule has 3 aromatic rings. The molecule has 5 aliphatic heterocycles. The summed E-state index contributed by atoms with van der Waals surface area (Å²) in [7, 11) is 0. The van der Waals surface area contributed by atoms with Crippen LogP contribution in [0.1, 0.15) is 100 Å². The standard InChI is InChI=1S/C46H47ClN6O5/c1-27-21-45(26-52(27)34-7-8-38(48-2)37(47)20-34)11-13-50(14-12-45)33-5-3-30(4-6-33)42(56)51-24-46(25-51)22-29(23-46)15-28-16-31-18-35-36(19-32(31)17-28)44(58)53(43(35)57)39-9-10-40(54)49-41(39)55/h3-8,18-20,27-29,39H,9-17,21-26H2,1H3,(H,49,54,55)/t27-,39?/m0/s1. The Bertz CT molecular complexity index is 2270. The molecule has 0 aromatic heterocycles. The maximum absolute atomic E-state index is 13.5. The fourth-order valence-electron chi connectivity index (χ4n) is 11.8. The number of benzene rings is 3. The largest absolute Gasteiger partial charge is 0.371 e. The number of nitrogens with zero attached hydrogens (tertiary/aromatic N) is 5. The third kappa shape index (κ3) is 6.18. The molecule has 5 amide bonds. The number of carbonyl (C=O) groups is 5. The highest BCUT2D eigenvalue weighted by molar-refractivity contribution is 6.33. The van der Waals surface area contributed by atoms with Crippen LogP contribution in [0.4, 0.5) is 17.1 Å². The first-order valence-electron chi connectivity index (χ1n) is 20.9. The summed E-state index contributed by atoms with van der Waals surface area (Å²) < 4.78 is 0. The first-order chi connectivity index (χ1) is 27.9. The summed E-state index contributed by atoms with van der Waals surface area (Å²) in [6.45, 7) is 14.2. The number of carbonyl (C=O) groups excluding carboxylic acids is 5. The quantitative estimate of drug-likeness (QED) is 0.215. The average molecular weight is 799 g/mol. The van der Waals surface area contributed by atoms with Crippen LogP contribution < -0.4 is 15.1 Å². The molecule has 5 fully saturated rings. The molecular weight excluding hydrogens is 752 g/mol. The van der Waals surface area contributed by atoms with Gasteiger partial charge in [0.05, 0.1) is 17.7 Å². The SMILES string of the molecule is [C-]#[N+]c1ccc(N2CC3(CCN(c4ccc(C(=O)N5CC6(CC(CC7Cc8cc9c(cc8C7)C(=O)N(C7CCC(=O)NC7=O)C9=O)C6)C5)cc4)CC3)C[C@@H]2C)cc1Cl.